The number of fused-ring (bicyclic) bond motifs is 4. The summed E-state index contributed by atoms with van der Waals surface area (Å²) in [7, 11) is 0. The van der Waals surface area contributed by atoms with Crippen LogP contribution in [-0.2, 0) is 0 Å². The van der Waals surface area contributed by atoms with Gasteiger partial charge in [-0.25, -0.2) is 9.97 Å². The Balaban J connectivity index is 1.01. The van der Waals surface area contributed by atoms with Crippen LogP contribution >= 0.6 is 0 Å². The topological polar surface area (TPSA) is 54.5 Å². The third kappa shape index (κ3) is 5.91. The smallest absolute Gasteiger partial charge is 0.160 e. The minimum Gasteiger partial charge on any atom is -0.309 e. The summed E-state index contributed by atoms with van der Waals surface area (Å²) in [6, 6.07) is 69.8. The van der Waals surface area contributed by atoms with E-state index in [4.69, 9.17) is 9.97 Å². The Morgan fingerprint density at radius 3 is 1.51 bits per heavy atom. The van der Waals surface area contributed by atoms with E-state index >= 15 is 0 Å². The number of para-hydroxylation sites is 2. The molecule has 0 saturated carbocycles. The van der Waals surface area contributed by atoms with Crippen LogP contribution < -0.4 is 0 Å². The lowest BCUT2D eigenvalue weighted by Crippen LogP contribution is -1.96. The Hall–Kier alpha value is -7.61. The molecule has 0 aliphatic heterocycles. The second kappa shape index (κ2) is 13.4. The Labute approximate surface area is 318 Å². The fourth-order valence-electron chi connectivity index (χ4n) is 7.68. The van der Waals surface area contributed by atoms with E-state index in [9.17, 15) is 5.26 Å². The highest BCUT2D eigenvalue weighted by Crippen LogP contribution is 2.36. The fourth-order valence-corrected chi connectivity index (χ4v) is 7.68. The van der Waals surface area contributed by atoms with Gasteiger partial charge in [-0.1, -0.05) is 146 Å². The van der Waals surface area contributed by atoms with Crippen molar-refractivity contribution in [1.29, 1.82) is 5.26 Å². The first-order valence-corrected chi connectivity index (χ1v) is 18.4. The number of aromatic nitrogens is 3. The number of hydrogen-bond acceptors (Lipinski definition) is 3. The van der Waals surface area contributed by atoms with Crippen molar-refractivity contribution in [3.63, 3.8) is 0 Å². The van der Waals surface area contributed by atoms with Gasteiger partial charge in [0.15, 0.2) is 5.82 Å². The van der Waals surface area contributed by atoms with E-state index in [1.54, 1.807) is 0 Å². The molecule has 0 aliphatic carbocycles. The number of rotatable bonds is 6. The molecule has 4 heteroatoms. The van der Waals surface area contributed by atoms with Gasteiger partial charge in [0.25, 0.3) is 0 Å². The van der Waals surface area contributed by atoms with Crippen molar-refractivity contribution in [3.05, 3.63) is 200 Å². The maximum atomic E-state index is 10.1. The van der Waals surface area contributed by atoms with Crippen LogP contribution in [0, 0.1) is 11.3 Å². The van der Waals surface area contributed by atoms with Crippen LogP contribution in [-0.4, -0.2) is 14.5 Å². The minimum absolute atomic E-state index is 0.624. The zero-order valence-corrected chi connectivity index (χ0v) is 29.8. The quantitative estimate of drug-likeness (QED) is 0.173. The molecule has 8 aromatic carbocycles. The number of hydrogen-bond donors (Lipinski definition) is 0. The van der Waals surface area contributed by atoms with Gasteiger partial charge >= 0.3 is 0 Å². The zero-order chi connectivity index (χ0) is 36.7. The van der Waals surface area contributed by atoms with Gasteiger partial charge in [0.2, 0.25) is 0 Å². The lowest BCUT2D eigenvalue weighted by Gasteiger charge is -2.12. The average molecular weight is 701 g/mol. The number of nitriles is 1. The van der Waals surface area contributed by atoms with E-state index in [0.717, 1.165) is 77.8 Å². The summed E-state index contributed by atoms with van der Waals surface area (Å²) in [4.78, 5) is 9.96. The average Bonchev–Trinajstić information content (AvgIpc) is 3.61. The van der Waals surface area contributed by atoms with E-state index < -0.39 is 0 Å². The van der Waals surface area contributed by atoms with Crippen molar-refractivity contribution in [3.8, 4) is 67.9 Å². The predicted octanol–water partition coefficient (Wildman–Crippen LogP) is 12.9. The Bertz CT molecular complexity index is 2970. The Kier molecular flexibility index (Phi) is 7.83. The molecule has 0 radical (unpaired) electrons. The van der Waals surface area contributed by atoms with Crippen LogP contribution in [0.5, 0.6) is 0 Å². The van der Waals surface area contributed by atoms with Gasteiger partial charge in [-0.2, -0.15) is 5.26 Å². The highest BCUT2D eigenvalue weighted by atomic mass is 15.0. The lowest BCUT2D eigenvalue weighted by molar-refractivity contribution is 1.18. The van der Waals surface area contributed by atoms with Crippen LogP contribution in [0.15, 0.2) is 194 Å². The molecule has 256 valence electrons. The van der Waals surface area contributed by atoms with E-state index in [2.05, 4.69) is 144 Å². The standard InChI is InChI=1S/C51H32N4/c52-33-34-27-42(31-44(28-34)55-49-17-9-7-15-45(49)46-16-8-10-18-50(46)55)41-26-22-36-21-25-40(29-43(36)30-41)35-19-23-38(24-20-35)48-32-47(37-11-3-1-4-12-37)53-51(54-48)39-13-5-2-6-14-39/h1-32H. The molecule has 2 heterocycles. The van der Waals surface area contributed by atoms with Crippen LogP contribution in [0.25, 0.3) is 94.4 Å². The normalized spacial score (nSPS) is 11.3. The summed E-state index contributed by atoms with van der Waals surface area (Å²) in [5.74, 6) is 0.703. The molecular weight excluding hydrogens is 669 g/mol. The first kappa shape index (κ1) is 32.1. The van der Waals surface area contributed by atoms with Crippen molar-refractivity contribution in [1.82, 2.24) is 14.5 Å². The van der Waals surface area contributed by atoms with Crippen LogP contribution in [0.1, 0.15) is 5.56 Å². The Morgan fingerprint density at radius 2 is 0.891 bits per heavy atom. The van der Waals surface area contributed by atoms with Crippen molar-refractivity contribution in [2.75, 3.05) is 0 Å². The van der Waals surface area contributed by atoms with Crippen LogP contribution in [0.3, 0.4) is 0 Å². The van der Waals surface area contributed by atoms with Gasteiger partial charge in [0, 0.05) is 33.2 Å². The van der Waals surface area contributed by atoms with E-state index in [1.807, 2.05) is 60.7 Å². The minimum atomic E-state index is 0.624. The van der Waals surface area contributed by atoms with Gasteiger partial charge < -0.3 is 4.57 Å². The lowest BCUT2D eigenvalue weighted by atomic mass is 9.96. The van der Waals surface area contributed by atoms with E-state index in [-0.39, 0.29) is 0 Å². The highest BCUT2D eigenvalue weighted by molar-refractivity contribution is 6.09. The Morgan fingerprint density at radius 1 is 0.382 bits per heavy atom. The third-order valence-electron chi connectivity index (χ3n) is 10.4. The summed E-state index contributed by atoms with van der Waals surface area (Å²) >= 11 is 0. The maximum absolute atomic E-state index is 10.1. The molecule has 2 aromatic heterocycles. The molecule has 0 amide bonds. The van der Waals surface area contributed by atoms with Gasteiger partial charge in [0.05, 0.1) is 34.1 Å². The van der Waals surface area contributed by atoms with Gasteiger partial charge in [-0.3, -0.25) is 0 Å². The second-order valence-electron chi connectivity index (χ2n) is 13.8. The SMILES string of the molecule is N#Cc1cc(-c2ccc3ccc(-c4ccc(-c5cc(-c6ccccc6)nc(-c6ccccc6)n5)cc4)cc3c2)cc(-n2c3ccccc3c3ccccc32)c1. The number of benzene rings is 8. The van der Waals surface area contributed by atoms with Crippen molar-refractivity contribution >= 4 is 32.6 Å². The largest absolute Gasteiger partial charge is 0.309 e. The van der Waals surface area contributed by atoms with Crippen LogP contribution in [0.4, 0.5) is 0 Å². The third-order valence-corrected chi connectivity index (χ3v) is 10.4. The summed E-state index contributed by atoms with van der Waals surface area (Å²) < 4.78 is 2.27. The zero-order valence-electron chi connectivity index (χ0n) is 29.8. The summed E-state index contributed by atoms with van der Waals surface area (Å²) in [6.45, 7) is 0. The second-order valence-corrected chi connectivity index (χ2v) is 13.8. The van der Waals surface area contributed by atoms with Crippen molar-refractivity contribution in [2.24, 2.45) is 0 Å². The first-order chi connectivity index (χ1) is 27.2. The van der Waals surface area contributed by atoms with E-state index in [1.165, 1.54) is 10.8 Å². The summed E-state index contributed by atoms with van der Waals surface area (Å²) in [5.41, 5.74) is 13.0. The van der Waals surface area contributed by atoms with Gasteiger partial charge in [-0.05, 0) is 81.6 Å². The monoisotopic (exact) mass is 700 g/mol. The number of nitrogens with zero attached hydrogens (tertiary/aromatic N) is 4. The van der Waals surface area contributed by atoms with Crippen molar-refractivity contribution < 1.29 is 0 Å². The molecule has 0 fully saturated rings. The molecular formula is C51H32N4. The molecule has 10 aromatic rings. The fraction of sp³-hybridized carbons (Fsp3) is 0. The first-order valence-electron chi connectivity index (χ1n) is 18.4. The van der Waals surface area contributed by atoms with Crippen molar-refractivity contribution in [2.45, 2.75) is 0 Å². The molecule has 0 saturated heterocycles. The molecule has 0 atom stereocenters. The molecule has 0 spiro atoms. The highest BCUT2D eigenvalue weighted by Gasteiger charge is 2.15. The predicted molar refractivity (Wildman–Crippen MR) is 226 cm³/mol. The van der Waals surface area contributed by atoms with Gasteiger partial charge in [-0.15, -0.1) is 0 Å². The summed E-state index contributed by atoms with van der Waals surface area (Å²) in [6.07, 6.45) is 0. The molecule has 0 N–H and O–H groups in total. The van der Waals surface area contributed by atoms with Gasteiger partial charge in [0.1, 0.15) is 0 Å². The molecule has 10 rings (SSSR count). The molecule has 0 bridgehead atoms. The maximum Gasteiger partial charge on any atom is 0.160 e. The molecule has 55 heavy (non-hydrogen) atoms. The molecule has 4 nitrogen and oxygen atoms in total. The van der Waals surface area contributed by atoms with E-state index in [0.29, 0.717) is 11.4 Å². The van der Waals surface area contributed by atoms with Crippen LogP contribution in [0.2, 0.25) is 0 Å². The molecule has 0 aliphatic rings. The molecule has 0 unspecified atom stereocenters. The summed E-state index contributed by atoms with van der Waals surface area (Å²) in [5, 5.41) is 14.8.